The van der Waals surface area contributed by atoms with Crippen molar-refractivity contribution in [3.05, 3.63) is 101 Å². The molecule has 2 heterocycles. The number of hydrogen-bond donors (Lipinski definition) is 1. The molecule has 0 unspecified atom stereocenters. The third kappa shape index (κ3) is 5.65. The maximum absolute atomic E-state index is 12.4. The molecule has 0 aliphatic heterocycles. The van der Waals surface area contributed by atoms with Gasteiger partial charge in [0.25, 0.3) is 5.91 Å². The van der Waals surface area contributed by atoms with Crippen LogP contribution in [0.4, 0.5) is 0 Å². The first-order chi connectivity index (χ1) is 14.1. The number of pyridine rings is 1. The molecule has 1 N–H and O–H groups in total. The molecule has 0 saturated heterocycles. The van der Waals surface area contributed by atoms with E-state index in [0.717, 1.165) is 22.3 Å². The third-order valence-corrected chi connectivity index (χ3v) is 4.70. The van der Waals surface area contributed by atoms with Crippen LogP contribution in [0.5, 0.6) is 0 Å². The molecule has 6 heteroatoms. The summed E-state index contributed by atoms with van der Waals surface area (Å²) in [7, 11) is 0. The quantitative estimate of drug-likeness (QED) is 0.533. The fourth-order valence-corrected chi connectivity index (χ4v) is 3.17. The van der Waals surface area contributed by atoms with Crippen molar-refractivity contribution >= 4 is 23.1 Å². The van der Waals surface area contributed by atoms with Crippen molar-refractivity contribution in [2.45, 2.75) is 19.8 Å². The Labute approximate surface area is 175 Å². The zero-order valence-corrected chi connectivity index (χ0v) is 16.9. The number of nitrogens with one attached hydrogen (secondary N) is 1. The van der Waals surface area contributed by atoms with Gasteiger partial charge in [-0.2, -0.15) is 0 Å². The molecule has 0 saturated carbocycles. The van der Waals surface area contributed by atoms with E-state index < -0.39 is 0 Å². The molecule has 0 atom stereocenters. The number of carbonyl (C=O) groups is 1. The first kappa shape index (κ1) is 20.6. The van der Waals surface area contributed by atoms with Crippen LogP contribution in [0.1, 0.15) is 39.4 Å². The van der Waals surface area contributed by atoms with Crippen LogP contribution in [0.3, 0.4) is 0 Å². The van der Waals surface area contributed by atoms with E-state index in [9.17, 15) is 4.79 Å². The Kier molecular flexibility index (Phi) is 6.98. The van der Waals surface area contributed by atoms with E-state index >= 15 is 0 Å². The Morgan fingerprint density at radius 1 is 1.24 bits per heavy atom. The third-order valence-electron chi connectivity index (χ3n) is 4.46. The first-order valence-corrected chi connectivity index (χ1v) is 9.65. The lowest BCUT2D eigenvalue weighted by atomic mass is 9.97. The fourth-order valence-electron chi connectivity index (χ4n) is 3.00. The number of allylic oxidation sites excluding steroid dienone is 2. The van der Waals surface area contributed by atoms with Gasteiger partial charge in [-0.3, -0.25) is 9.78 Å². The minimum absolute atomic E-state index is 0.266. The summed E-state index contributed by atoms with van der Waals surface area (Å²) in [5, 5.41) is 7.44. The van der Waals surface area contributed by atoms with E-state index in [4.69, 9.17) is 16.1 Å². The van der Waals surface area contributed by atoms with E-state index in [-0.39, 0.29) is 11.6 Å². The molecule has 0 spiro atoms. The van der Waals surface area contributed by atoms with Crippen LogP contribution in [0.2, 0.25) is 5.02 Å². The molecular weight excluding hydrogens is 386 g/mol. The highest BCUT2D eigenvalue weighted by atomic mass is 35.5. The van der Waals surface area contributed by atoms with Crippen molar-refractivity contribution in [1.82, 2.24) is 15.5 Å². The zero-order chi connectivity index (χ0) is 20.6. The molecule has 3 aromatic rings. The Morgan fingerprint density at radius 3 is 2.79 bits per heavy atom. The minimum Gasteiger partial charge on any atom is -0.360 e. The summed E-state index contributed by atoms with van der Waals surface area (Å²) in [6, 6.07) is 11.2. The molecule has 3 rings (SSSR count). The van der Waals surface area contributed by atoms with Crippen molar-refractivity contribution in [2.75, 3.05) is 6.54 Å². The Bertz CT molecular complexity index is 1030. The second-order valence-electron chi connectivity index (χ2n) is 6.60. The van der Waals surface area contributed by atoms with Gasteiger partial charge in [-0.25, -0.2) is 0 Å². The fraction of sp³-hybridized carbons (Fsp3) is 0.174. The van der Waals surface area contributed by atoms with Crippen LogP contribution in [-0.2, 0) is 6.42 Å². The number of nitrogens with zero attached hydrogens (tertiary/aromatic N) is 2. The Hall–Kier alpha value is -3.18. The molecule has 2 aromatic heterocycles. The largest absolute Gasteiger partial charge is 0.360 e. The standard InChI is InChI=1S/C23H22ClN3O2/c1-3-4-18(21-14-19(24)6-5-16(21)2)9-12-26-23(28)22-15-20(29-27-22)13-17-7-10-25-11-8-17/h3-8,10-11,14-15H,1,9,12-13H2,2H3,(H,26,28)/b18-4-. The Morgan fingerprint density at radius 2 is 2.03 bits per heavy atom. The second kappa shape index (κ2) is 9.85. The van der Waals surface area contributed by atoms with Gasteiger partial charge in [0.2, 0.25) is 0 Å². The summed E-state index contributed by atoms with van der Waals surface area (Å²) in [4.78, 5) is 16.4. The maximum Gasteiger partial charge on any atom is 0.273 e. The highest BCUT2D eigenvalue weighted by molar-refractivity contribution is 6.30. The van der Waals surface area contributed by atoms with E-state index in [1.165, 1.54) is 0 Å². The van der Waals surface area contributed by atoms with Gasteiger partial charge >= 0.3 is 0 Å². The molecule has 0 radical (unpaired) electrons. The molecule has 0 aliphatic rings. The number of hydrogen-bond acceptors (Lipinski definition) is 4. The predicted octanol–water partition coefficient (Wildman–Crippen LogP) is 5.01. The summed E-state index contributed by atoms with van der Waals surface area (Å²) < 4.78 is 5.28. The summed E-state index contributed by atoms with van der Waals surface area (Å²) in [5.74, 6) is 0.360. The summed E-state index contributed by atoms with van der Waals surface area (Å²) >= 11 is 6.14. The number of aromatic nitrogens is 2. The molecular formula is C23H22ClN3O2. The normalized spacial score (nSPS) is 11.3. The topological polar surface area (TPSA) is 68.0 Å². The molecule has 5 nitrogen and oxygen atoms in total. The highest BCUT2D eigenvalue weighted by Gasteiger charge is 2.13. The number of halogens is 1. The molecule has 29 heavy (non-hydrogen) atoms. The van der Waals surface area contributed by atoms with Crippen molar-refractivity contribution < 1.29 is 9.32 Å². The number of carbonyl (C=O) groups excluding carboxylic acids is 1. The zero-order valence-electron chi connectivity index (χ0n) is 16.2. The van der Waals surface area contributed by atoms with Crippen molar-refractivity contribution in [3.63, 3.8) is 0 Å². The van der Waals surface area contributed by atoms with Gasteiger partial charge < -0.3 is 9.84 Å². The smallest absolute Gasteiger partial charge is 0.273 e. The monoisotopic (exact) mass is 407 g/mol. The van der Waals surface area contributed by atoms with Gasteiger partial charge in [0.15, 0.2) is 5.69 Å². The maximum atomic E-state index is 12.4. The summed E-state index contributed by atoms with van der Waals surface area (Å²) in [6.45, 7) is 6.27. The highest BCUT2D eigenvalue weighted by Crippen LogP contribution is 2.25. The number of amides is 1. The van der Waals surface area contributed by atoms with Gasteiger partial charge in [0, 0.05) is 36.4 Å². The minimum atomic E-state index is -0.268. The van der Waals surface area contributed by atoms with Gasteiger partial charge in [-0.15, -0.1) is 0 Å². The lowest BCUT2D eigenvalue weighted by molar-refractivity contribution is 0.0945. The average molecular weight is 408 g/mol. The van der Waals surface area contributed by atoms with Crippen LogP contribution in [0, 0.1) is 6.92 Å². The van der Waals surface area contributed by atoms with Gasteiger partial charge in [-0.1, -0.05) is 41.6 Å². The van der Waals surface area contributed by atoms with Gasteiger partial charge in [0.1, 0.15) is 5.76 Å². The molecule has 1 aromatic carbocycles. The predicted molar refractivity (Wildman–Crippen MR) is 115 cm³/mol. The van der Waals surface area contributed by atoms with E-state index in [1.807, 2.05) is 43.3 Å². The lowest BCUT2D eigenvalue weighted by Crippen LogP contribution is -2.24. The van der Waals surface area contributed by atoms with Gasteiger partial charge in [0.05, 0.1) is 0 Å². The lowest BCUT2D eigenvalue weighted by Gasteiger charge is -2.11. The molecule has 148 valence electrons. The van der Waals surface area contributed by atoms with E-state index in [2.05, 4.69) is 22.0 Å². The average Bonchev–Trinajstić information content (AvgIpc) is 3.18. The van der Waals surface area contributed by atoms with Crippen molar-refractivity contribution in [2.24, 2.45) is 0 Å². The van der Waals surface area contributed by atoms with Crippen molar-refractivity contribution in [3.8, 4) is 0 Å². The van der Waals surface area contributed by atoms with Crippen LogP contribution < -0.4 is 5.32 Å². The van der Waals surface area contributed by atoms with Crippen LogP contribution in [-0.4, -0.2) is 22.6 Å². The molecule has 0 fully saturated rings. The van der Waals surface area contributed by atoms with E-state index in [1.54, 1.807) is 24.5 Å². The first-order valence-electron chi connectivity index (χ1n) is 9.27. The summed E-state index contributed by atoms with van der Waals surface area (Å²) in [5.41, 5.74) is 4.53. The van der Waals surface area contributed by atoms with Crippen molar-refractivity contribution in [1.29, 1.82) is 0 Å². The number of rotatable bonds is 8. The van der Waals surface area contributed by atoms with Crippen LogP contribution in [0.25, 0.3) is 5.57 Å². The SMILES string of the molecule is C=C/C=C(/CCNC(=O)c1cc(Cc2ccncc2)on1)c1cc(Cl)ccc1C. The second-order valence-corrected chi connectivity index (χ2v) is 7.04. The van der Waals surface area contributed by atoms with Gasteiger partial charge in [-0.05, 0) is 59.9 Å². The number of aryl methyl sites for hydroxylation is 1. The molecule has 1 amide bonds. The Balaban J connectivity index is 1.59. The van der Waals surface area contributed by atoms with E-state index in [0.29, 0.717) is 30.2 Å². The van der Waals surface area contributed by atoms with Crippen LogP contribution >= 0.6 is 11.6 Å². The molecule has 0 aliphatic carbocycles. The summed E-state index contributed by atoms with van der Waals surface area (Å²) in [6.07, 6.45) is 8.31. The van der Waals surface area contributed by atoms with Crippen LogP contribution in [0.15, 0.2) is 72.0 Å². The molecule has 0 bridgehead atoms. The number of benzene rings is 1.